The minimum absolute atomic E-state index is 0. The van der Waals surface area contributed by atoms with Crippen LogP contribution in [-0.2, 0) is 60.2 Å². The molecule has 23 heteroatoms. The third-order valence-electron chi connectivity index (χ3n) is 7.28. The number of hydroxylamine groups is 6. The molecule has 0 bridgehead atoms. The van der Waals surface area contributed by atoms with E-state index in [-0.39, 0.29) is 75.2 Å². The first-order chi connectivity index (χ1) is 23.5. The summed E-state index contributed by atoms with van der Waals surface area (Å²) in [6, 6.07) is -5.79. The van der Waals surface area contributed by atoms with Gasteiger partial charge in [0.1, 0.15) is 24.2 Å². The molecule has 1 rings (SSSR count). The van der Waals surface area contributed by atoms with Gasteiger partial charge in [0.15, 0.2) is 0 Å². The third-order valence-corrected chi connectivity index (χ3v) is 7.28. The van der Waals surface area contributed by atoms with Crippen LogP contribution >= 0.6 is 0 Å². The van der Waals surface area contributed by atoms with Crippen LogP contribution in [0.1, 0.15) is 59.3 Å². The van der Waals surface area contributed by atoms with E-state index in [2.05, 4.69) is 31.9 Å². The van der Waals surface area contributed by atoms with Crippen LogP contribution in [0.25, 0.3) is 0 Å². The number of hydrogen-bond acceptors (Lipinski definition) is 13. The molecule has 10 N–H and O–H groups in total. The molecular weight excluding hydrogens is 726 g/mol. The van der Waals surface area contributed by atoms with E-state index in [9.17, 15) is 63.9 Å². The maximum absolute atomic E-state index is 13.6. The Labute approximate surface area is 303 Å². The van der Waals surface area contributed by atoms with Crippen LogP contribution in [-0.4, -0.2) is 153 Å². The summed E-state index contributed by atoms with van der Waals surface area (Å²) < 4.78 is 0. The summed E-state index contributed by atoms with van der Waals surface area (Å²) in [6.45, 7) is 0.217. The first-order valence-electron chi connectivity index (χ1n) is 15.7. The van der Waals surface area contributed by atoms with Crippen molar-refractivity contribution in [1.29, 1.82) is 0 Å². The minimum atomic E-state index is -1.54. The predicted octanol–water partition coefficient (Wildman–Crippen LogP) is -4.78. The van der Waals surface area contributed by atoms with Crippen LogP contribution in [0, 0.1) is 0 Å². The SMILES string of the molecule is CC(=O)N(O)CCC[C@@H]1NC(=O)CNC(=O)[C@@H](CO)NC(=O)CNC(=O)[C@H](CCCN(O)C(C)=O)NC(=O)[C@H](CCCN(O)C(C)=O)NC1=O.[Fe]. The van der Waals surface area contributed by atoms with Gasteiger partial charge in [-0.2, -0.15) is 0 Å². The number of nitrogens with one attached hydrogen (secondary N) is 6. The first-order valence-corrected chi connectivity index (χ1v) is 15.7. The fourth-order valence-corrected chi connectivity index (χ4v) is 4.42. The van der Waals surface area contributed by atoms with Gasteiger partial charge in [-0.3, -0.25) is 58.8 Å². The van der Waals surface area contributed by atoms with E-state index in [1.165, 1.54) is 0 Å². The van der Waals surface area contributed by atoms with Gasteiger partial charge in [-0.05, 0) is 38.5 Å². The largest absolute Gasteiger partial charge is 0.394 e. The fraction of sp³-hybridized carbons (Fsp3) is 0.679. The molecule has 51 heavy (non-hydrogen) atoms. The van der Waals surface area contributed by atoms with E-state index in [4.69, 9.17) is 0 Å². The Bertz CT molecular complexity index is 1230. The average Bonchev–Trinajstić information content (AvgIpc) is 3.05. The number of rotatable bonds is 13. The number of carbonyl (C=O) groups is 9. The van der Waals surface area contributed by atoms with E-state index >= 15 is 0 Å². The van der Waals surface area contributed by atoms with E-state index < -0.39 is 97.0 Å². The zero-order chi connectivity index (χ0) is 38.0. The zero-order valence-electron chi connectivity index (χ0n) is 28.5. The Morgan fingerprint density at radius 2 is 0.843 bits per heavy atom. The molecular formula is C28H47FeN9O13. The molecule has 22 nitrogen and oxygen atoms in total. The third kappa shape index (κ3) is 17.9. The molecule has 1 aliphatic heterocycles. The van der Waals surface area contributed by atoms with E-state index in [0.29, 0.717) is 15.2 Å². The van der Waals surface area contributed by atoms with Crippen molar-refractivity contribution in [3.8, 4) is 0 Å². The molecule has 1 aliphatic rings. The predicted molar refractivity (Wildman–Crippen MR) is 166 cm³/mol. The molecule has 0 spiro atoms. The topological polar surface area (TPSA) is 316 Å². The van der Waals surface area contributed by atoms with Gasteiger partial charge in [0, 0.05) is 57.5 Å². The van der Waals surface area contributed by atoms with Crippen LogP contribution in [0.3, 0.4) is 0 Å². The Hall–Kier alpha value is -4.41. The zero-order valence-corrected chi connectivity index (χ0v) is 29.6. The Morgan fingerprint density at radius 3 is 1.18 bits per heavy atom. The van der Waals surface area contributed by atoms with Gasteiger partial charge in [0.05, 0.1) is 19.7 Å². The molecule has 4 atom stereocenters. The van der Waals surface area contributed by atoms with Crippen molar-refractivity contribution in [2.45, 2.75) is 83.5 Å². The molecule has 0 aromatic rings. The van der Waals surface area contributed by atoms with Crippen molar-refractivity contribution in [3.63, 3.8) is 0 Å². The van der Waals surface area contributed by atoms with Crippen molar-refractivity contribution in [3.05, 3.63) is 0 Å². The smallest absolute Gasteiger partial charge is 0.245 e. The van der Waals surface area contributed by atoms with Crippen molar-refractivity contribution >= 4 is 53.2 Å². The van der Waals surface area contributed by atoms with Crippen LogP contribution in [0.4, 0.5) is 0 Å². The van der Waals surface area contributed by atoms with Gasteiger partial charge in [-0.15, -0.1) is 0 Å². The van der Waals surface area contributed by atoms with Crippen LogP contribution < -0.4 is 31.9 Å². The van der Waals surface area contributed by atoms with Crippen molar-refractivity contribution in [1.82, 2.24) is 47.1 Å². The maximum atomic E-state index is 13.6. The van der Waals surface area contributed by atoms with Gasteiger partial charge in [0.25, 0.3) is 0 Å². The molecule has 1 fully saturated rings. The summed E-state index contributed by atoms with van der Waals surface area (Å²) in [5.74, 6) is -7.64. The van der Waals surface area contributed by atoms with Gasteiger partial charge >= 0.3 is 0 Å². The Balaban J connectivity index is 0.0000250. The number of nitrogens with zero attached hydrogens (tertiary/aromatic N) is 3. The maximum Gasteiger partial charge on any atom is 0.245 e. The van der Waals surface area contributed by atoms with Gasteiger partial charge in [-0.25, -0.2) is 15.2 Å². The summed E-state index contributed by atoms with van der Waals surface area (Å²) in [7, 11) is 0. The molecule has 0 unspecified atom stereocenters. The molecule has 1 saturated heterocycles. The summed E-state index contributed by atoms with van der Waals surface area (Å²) in [4.78, 5) is 112. The molecule has 0 aliphatic carbocycles. The van der Waals surface area contributed by atoms with Crippen molar-refractivity contribution < 1.29 is 80.9 Å². The Morgan fingerprint density at radius 1 is 0.549 bits per heavy atom. The molecule has 0 radical (unpaired) electrons. The second-order valence-electron chi connectivity index (χ2n) is 11.3. The summed E-state index contributed by atoms with van der Waals surface area (Å²) in [6.07, 6.45) is -0.685. The number of amides is 9. The average molecular weight is 774 g/mol. The molecule has 290 valence electrons. The Kier molecular flexibility index (Phi) is 21.8. The minimum Gasteiger partial charge on any atom is -0.394 e. The number of hydrogen-bond donors (Lipinski definition) is 10. The normalized spacial score (nSPS) is 20.8. The fourth-order valence-electron chi connectivity index (χ4n) is 4.42. The quantitative estimate of drug-likeness (QED) is 0.0478. The van der Waals surface area contributed by atoms with E-state index in [1.54, 1.807) is 0 Å². The van der Waals surface area contributed by atoms with Gasteiger partial charge in [-0.1, -0.05) is 0 Å². The van der Waals surface area contributed by atoms with Crippen molar-refractivity contribution in [2.24, 2.45) is 0 Å². The van der Waals surface area contributed by atoms with E-state index in [0.717, 1.165) is 20.8 Å². The van der Waals surface area contributed by atoms with Crippen LogP contribution in [0.2, 0.25) is 0 Å². The standard InChI is InChI=1S/C28H47N9O13.Fe/c1-16(39)35(48)10-4-7-19-25(44)29-14-24(43)32-22(15-38)26(45)30-13-23(42)31-20(8-5-11-36(49)17(2)40)27(46)34-21(28(47)33-19)9-6-12-37(50)18(3)41;/h19-22,38,48-50H,4-15H2,1-3H3,(H,29,44)(H,30,45)(H,31,42)(H,32,43)(H,33,47)(H,34,46);/t19-,20-,21-,22+;/m0./s1. The number of carbonyl (C=O) groups excluding carboxylic acids is 9. The summed E-state index contributed by atoms with van der Waals surface area (Å²) >= 11 is 0. The monoisotopic (exact) mass is 773 g/mol. The second-order valence-corrected chi connectivity index (χ2v) is 11.3. The molecule has 0 aromatic carbocycles. The molecule has 0 saturated carbocycles. The van der Waals surface area contributed by atoms with Crippen LogP contribution in [0.15, 0.2) is 0 Å². The summed E-state index contributed by atoms with van der Waals surface area (Å²) in [5, 5.41) is 53.9. The van der Waals surface area contributed by atoms with E-state index in [1.807, 2.05) is 0 Å². The van der Waals surface area contributed by atoms with Gasteiger partial charge in [0.2, 0.25) is 53.2 Å². The number of aliphatic hydroxyl groups excluding tert-OH is 1. The summed E-state index contributed by atoms with van der Waals surface area (Å²) in [5.41, 5.74) is 0. The molecule has 9 amide bonds. The van der Waals surface area contributed by atoms with Crippen molar-refractivity contribution in [2.75, 3.05) is 39.3 Å². The first kappa shape index (κ1) is 46.6. The van der Waals surface area contributed by atoms with Crippen LogP contribution in [0.5, 0.6) is 0 Å². The molecule has 0 aromatic heterocycles. The van der Waals surface area contributed by atoms with Gasteiger partial charge < -0.3 is 37.0 Å². The molecule has 1 heterocycles. The number of aliphatic hydroxyl groups is 1. The second kappa shape index (κ2) is 23.9.